The molecule has 1 heterocycles. The summed E-state index contributed by atoms with van der Waals surface area (Å²) in [5, 5.41) is 20.4. The molecule has 4 rings (SSSR count). The van der Waals surface area contributed by atoms with Gasteiger partial charge in [-0.2, -0.15) is 4.98 Å². The van der Waals surface area contributed by atoms with Crippen molar-refractivity contribution in [2.24, 2.45) is 0 Å². The minimum absolute atomic E-state index is 0.0555. The van der Waals surface area contributed by atoms with E-state index in [1.165, 1.54) is 6.07 Å². The minimum Gasteiger partial charge on any atom is -0.507 e. The van der Waals surface area contributed by atoms with Crippen LogP contribution in [0.3, 0.4) is 0 Å². The van der Waals surface area contributed by atoms with Crippen molar-refractivity contribution in [1.29, 1.82) is 0 Å². The predicted octanol–water partition coefficient (Wildman–Crippen LogP) is 3.00. The van der Waals surface area contributed by atoms with Gasteiger partial charge >= 0.3 is 0 Å². The molecular formula is C19H19N5O2. The highest BCUT2D eigenvalue weighted by Gasteiger charge is 2.39. The molecule has 1 fully saturated rings. The van der Waals surface area contributed by atoms with Crippen LogP contribution >= 0.6 is 0 Å². The van der Waals surface area contributed by atoms with Gasteiger partial charge in [0, 0.05) is 11.2 Å². The molecule has 3 aromatic rings. The van der Waals surface area contributed by atoms with Gasteiger partial charge in [-0.15, -0.1) is 5.10 Å². The molecule has 132 valence electrons. The number of phenolic OH excluding ortho intramolecular Hbond substituents is 1. The highest BCUT2D eigenvalue weighted by Crippen LogP contribution is 2.35. The number of benzene rings is 2. The summed E-state index contributed by atoms with van der Waals surface area (Å²) in [7, 11) is 0. The van der Waals surface area contributed by atoms with Crippen molar-refractivity contribution in [3.05, 3.63) is 60.4 Å². The Hall–Kier alpha value is -3.35. The number of nitrogens with zero attached hydrogens (tertiary/aromatic N) is 3. The van der Waals surface area contributed by atoms with Gasteiger partial charge in [0.05, 0.1) is 11.3 Å². The third-order valence-corrected chi connectivity index (χ3v) is 4.43. The lowest BCUT2D eigenvalue weighted by Gasteiger charge is -2.13. The molecule has 0 unspecified atom stereocenters. The summed E-state index contributed by atoms with van der Waals surface area (Å²) >= 11 is 0. The number of para-hydroxylation sites is 1. The van der Waals surface area contributed by atoms with Crippen molar-refractivity contribution in [3.8, 4) is 11.4 Å². The molecule has 0 bridgehead atoms. The Morgan fingerprint density at radius 1 is 1.19 bits per heavy atom. The molecule has 2 aromatic carbocycles. The van der Waals surface area contributed by atoms with Crippen LogP contribution in [0.2, 0.25) is 0 Å². The topological polar surface area (TPSA) is 92.1 Å². The Bertz CT molecular complexity index is 948. The Balaban J connectivity index is 1.53. The molecule has 0 aliphatic heterocycles. The average molecular weight is 349 g/mol. The summed E-state index contributed by atoms with van der Waals surface area (Å²) < 4.78 is 1.66. The van der Waals surface area contributed by atoms with Crippen molar-refractivity contribution in [1.82, 2.24) is 20.1 Å². The number of aromatic hydroxyl groups is 1. The van der Waals surface area contributed by atoms with Crippen LogP contribution in [0.1, 0.15) is 30.1 Å². The van der Waals surface area contributed by atoms with E-state index in [-0.39, 0.29) is 22.8 Å². The largest absolute Gasteiger partial charge is 0.507 e. The highest BCUT2D eigenvalue weighted by molar-refractivity contribution is 5.98. The number of carbonyl (C=O) groups is 1. The summed E-state index contributed by atoms with van der Waals surface area (Å²) in [6, 6.07) is 14.4. The molecule has 1 aliphatic rings. The van der Waals surface area contributed by atoms with Crippen LogP contribution in [-0.2, 0) is 0 Å². The summed E-state index contributed by atoms with van der Waals surface area (Å²) in [5.41, 5.74) is 1.60. The van der Waals surface area contributed by atoms with E-state index < -0.39 is 0 Å². The van der Waals surface area contributed by atoms with Crippen LogP contribution in [0.5, 0.6) is 5.75 Å². The average Bonchev–Trinajstić information content (AvgIpc) is 3.18. The molecule has 1 saturated carbocycles. The molecule has 1 aliphatic carbocycles. The van der Waals surface area contributed by atoms with E-state index in [1.54, 1.807) is 23.1 Å². The standard InChI is InChI=1S/C19H19N5O2/c1-19(9-10-19)22-17(26)15-11-13(7-8-16(15)25)21-18-20-12-24(23-18)14-5-3-2-4-6-14/h2-8,11-12,25H,9-10H2,1H3,(H,21,23)(H,22,26). The third kappa shape index (κ3) is 3.37. The molecule has 3 N–H and O–H groups in total. The first kappa shape index (κ1) is 16.1. The van der Waals surface area contributed by atoms with Crippen LogP contribution in [0.25, 0.3) is 5.69 Å². The van der Waals surface area contributed by atoms with Gasteiger partial charge in [0.15, 0.2) is 0 Å². The number of hydrogen-bond donors (Lipinski definition) is 3. The fourth-order valence-corrected chi connectivity index (χ4v) is 2.60. The number of anilines is 2. The molecule has 26 heavy (non-hydrogen) atoms. The molecule has 7 nitrogen and oxygen atoms in total. The fourth-order valence-electron chi connectivity index (χ4n) is 2.60. The number of hydrogen-bond acceptors (Lipinski definition) is 5. The zero-order chi connectivity index (χ0) is 18.1. The van der Waals surface area contributed by atoms with Crippen molar-refractivity contribution < 1.29 is 9.90 Å². The number of carbonyl (C=O) groups excluding carboxylic acids is 1. The fraction of sp³-hybridized carbons (Fsp3) is 0.211. The summed E-state index contributed by atoms with van der Waals surface area (Å²) in [6.07, 6.45) is 3.52. The monoisotopic (exact) mass is 349 g/mol. The van der Waals surface area contributed by atoms with Gasteiger partial charge in [-0.1, -0.05) is 18.2 Å². The van der Waals surface area contributed by atoms with Crippen molar-refractivity contribution >= 4 is 17.5 Å². The second-order valence-corrected chi connectivity index (χ2v) is 6.72. The Morgan fingerprint density at radius 2 is 1.96 bits per heavy atom. The first-order valence-corrected chi connectivity index (χ1v) is 8.42. The van der Waals surface area contributed by atoms with Gasteiger partial charge in [-0.25, -0.2) is 4.68 Å². The smallest absolute Gasteiger partial charge is 0.255 e. The molecule has 0 atom stereocenters. The van der Waals surface area contributed by atoms with Gasteiger partial charge in [0.25, 0.3) is 5.91 Å². The van der Waals surface area contributed by atoms with Crippen LogP contribution < -0.4 is 10.6 Å². The van der Waals surface area contributed by atoms with E-state index in [2.05, 4.69) is 20.7 Å². The van der Waals surface area contributed by atoms with E-state index in [1.807, 2.05) is 37.3 Å². The van der Waals surface area contributed by atoms with Crippen molar-refractivity contribution in [2.45, 2.75) is 25.3 Å². The number of rotatable bonds is 5. The quantitative estimate of drug-likeness (QED) is 0.616. The highest BCUT2D eigenvalue weighted by atomic mass is 16.3. The lowest BCUT2D eigenvalue weighted by atomic mass is 10.1. The number of aromatic nitrogens is 3. The maximum absolute atomic E-state index is 12.4. The maximum atomic E-state index is 12.4. The molecule has 1 amide bonds. The summed E-state index contributed by atoms with van der Waals surface area (Å²) in [6.45, 7) is 1.99. The zero-order valence-corrected chi connectivity index (χ0v) is 14.3. The predicted molar refractivity (Wildman–Crippen MR) is 97.9 cm³/mol. The maximum Gasteiger partial charge on any atom is 0.255 e. The SMILES string of the molecule is CC1(NC(=O)c2cc(Nc3ncn(-c4ccccc4)n3)ccc2O)CC1. The number of nitrogens with one attached hydrogen (secondary N) is 2. The second kappa shape index (κ2) is 6.18. The molecular weight excluding hydrogens is 330 g/mol. The lowest BCUT2D eigenvalue weighted by Crippen LogP contribution is -2.34. The van der Waals surface area contributed by atoms with E-state index in [0.717, 1.165) is 18.5 Å². The van der Waals surface area contributed by atoms with Gasteiger partial charge < -0.3 is 15.7 Å². The van der Waals surface area contributed by atoms with E-state index in [0.29, 0.717) is 11.6 Å². The molecule has 0 spiro atoms. The Kier molecular flexibility index (Phi) is 3.84. The number of amides is 1. The Morgan fingerprint density at radius 3 is 2.69 bits per heavy atom. The van der Waals surface area contributed by atoms with E-state index >= 15 is 0 Å². The van der Waals surface area contributed by atoms with Crippen LogP contribution in [0, 0.1) is 0 Å². The molecule has 7 heteroatoms. The van der Waals surface area contributed by atoms with Gasteiger partial charge in [0.2, 0.25) is 5.95 Å². The van der Waals surface area contributed by atoms with Crippen LogP contribution in [0.4, 0.5) is 11.6 Å². The molecule has 0 radical (unpaired) electrons. The van der Waals surface area contributed by atoms with Crippen molar-refractivity contribution in [3.63, 3.8) is 0 Å². The lowest BCUT2D eigenvalue weighted by molar-refractivity contribution is 0.0933. The van der Waals surface area contributed by atoms with Crippen LogP contribution in [0.15, 0.2) is 54.9 Å². The first-order chi connectivity index (χ1) is 12.5. The van der Waals surface area contributed by atoms with Gasteiger partial charge in [-0.3, -0.25) is 4.79 Å². The molecule has 0 saturated heterocycles. The molecule has 1 aromatic heterocycles. The van der Waals surface area contributed by atoms with Crippen molar-refractivity contribution in [2.75, 3.05) is 5.32 Å². The zero-order valence-electron chi connectivity index (χ0n) is 14.3. The van der Waals surface area contributed by atoms with E-state index in [9.17, 15) is 9.90 Å². The first-order valence-electron chi connectivity index (χ1n) is 8.42. The van der Waals surface area contributed by atoms with E-state index in [4.69, 9.17) is 0 Å². The summed E-state index contributed by atoms with van der Waals surface area (Å²) in [5.74, 6) is 0.0639. The minimum atomic E-state index is -0.283. The normalized spacial score (nSPS) is 14.7. The third-order valence-electron chi connectivity index (χ3n) is 4.43. The van der Waals surface area contributed by atoms with Crippen LogP contribution in [-0.4, -0.2) is 31.3 Å². The van der Waals surface area contributed by atoms with Gasteiger partial charge in [0.1, 0.15) is 12.1 Å². The van der Waals surface area contributed by atoms with Gasteiger partial charge in [-0.05, 0) is 50.1 Å². The second-order valence-electron chi connectivity index (χ2n) is 6.72. The summed E-state index contributed by atoms with van der Waals surface area (Å²) in [4.78, 5) is 16.6. The number of phenols is 1. The Labute approximate surface area is 150 Å².